The SMILES string of the molecule is CCNc1cc(OCc2ccc(Br)cc2)ccn1. The van der Waals surface area contributed by atoms with Gasteiger partial charge < -0.3 is 10.1 Å². The molecule has 18 heavy (non-hydrogen) atoms. The lowest BCUT2D eigenvalue weighted by Crippen LogP contribution is -2.00. The Labute approximate surface area is 115 Å². The first kappa shape index (κ1) is 12.9. The summed E-state index contributed by atoms with van der Waals surface area (Å²) in [6.45, 7) is 3.45. The number of aromatic nitrogens is 1. The number of hydrogen-bond acceptors (Lipinski definition) is 3. The first-order chi connectivity index (χ1) is 8.78. The molecule has 0 radical (unpaired) electrons. The second kappa shape index (κ2) is 6.40. The predicted molar refractivity (Wildman–Crippen MR) is 76.9 cm³/mol. The van der Waals surface area contributed by atoms with Gasteiger partial charge in [0.25, 0.3) is 0 Å². The molecular formula is C14H15BrN2O. The maximum Gasteiger partial charge on any atom is 0.129 e. The first-order valence-electron chi connectivity index (χ1n) is 5.85. The molecule has 0 spiro atoms. The van der Waals surface area contributed by atoms with Gasteiger partial charge in [0.15, 0.2) is 0 Å². The van der Waals surface area contributed by atoms with E-state index >= 15 is 0 Å². The summed E-state index contributed by atoms with van der Waals surface area (Å²) in [6, 6.07) is 11.9. The van der Waals surface area contributed by atoms with Crippen molar-refractivity contribution in [3.8, 4) is 5.75 Å². The fraction of sp³-hybridized carbons (Fsp3) is 0.214. The molecule has 0 amide bonds. The maximum atomic E-state index is 5.72. The minimum Gasteiger partial charge on any atom is -0.489 e. The molecule has 0 bridgehead atoms. The third-order valence-corrected chi connectivity index (χ3v) is 2.94. The molecule has 1 heterocycles. The Kier molecular flexibility index (Phi) is 4.59. The lowest BCUT2D eigenvalue weighted by molar-refractivity contribution is 0.306. The van der Waals surface area contributed by atoms with Gasteiger partial charge in [0.1, 0.15) is 18.2 Å². The maximum absolute atomic E-state index is 5.72. The molecule has 0 saturated carbocycles. The fourth-order valence-corrected chi connectivity index (χ4v) is 1.79. The van der Waals surface area contributed by atoms with Crippen molar-refractivity contribution in [1.82, 2.24) is 4.98 Å². The zero-order valence-corrected chi connectivity index (χ0v) is 11.8. The predicted octanol–water partition coefficient (Wildman–Crippen LogP) is 3.85. The van der Waals surface area contributed by atoms with Gasteiger partial charge in [-0.2, -0.15) is 0 Å². The summed E-state index contributed by atoms with van der Waals surface area (Å²) in [7, 11) is 0. The van der Waals surface area contributed by atoms with E-state index in [2.05, 4.69) is 26.2 Å². The van der Waals surface area contributed by atoms with Crippen LogP contribution < -0.4 is 10.1 Å². The molecule has 0 fully saturated rings. The van der Waals surface area contributed by atoms with Gasteiger partial charge in [0, 0.05) is 23.3 Å². The highest BCUT2D eigenvalue weighted by atomic mass is 79.9. The average molecular weight is 307 g/mol. The molecule has 4 heteroatoms. The number of anilines is 1. The van der Waals surface area contributed by atoms with Gasteiger partial charge in [-0.05, 0) is 30.7 Å². The van der Waals surface area contributed by atoms with Crippen LogP contribution in [0.5, 0.6) is 5.75 Å². The van der Waals surface area contributed by atoms with E-state index in [4.69, 9.17) is 4.74 Å². The summed E-state index contributed by atoms with van der Waals surface area (Å²) in [5.74, 6) is 1.66. The number of ether oxygens (including phenoxy) is 1. The van der Waals surface area contributed by atoms with Crippen molar-refractivity contribution in [3.63, 3.8) is 0 Å². The molecule has 0 saturated heterocycles. The Balaban J connectivity index is 1.97. The van der Waals surface area contributed by atoms with E-state index in [0.717, 1.165) is 28.1 Å². The van der Waals surface area contributed by atoms with E-state index in [1.54, 1.807) is 6.20 Å². The van der Waals surface area contributed by atoms with Crippen LogP contribution in [0.4, 0.5) is 5.82 Å². The van der Waals surface area contributed by atoms with Crippen LogP contribution in [0.3, 0.4) is 0 Å². The number of halogens is 1. The van der Waals surface area contributed by atoms with Crippen LogP contribution in [0.25, 0.3) is 0 Å². The average Bonchev–Trinajstić information content (AvgIpc) is 2.39. The molecule has 0 unspecified atom stereocenters. The second-order valence-corrected chi connectivity index (χ2v) is 4.74. The van der Waals surface area contributed by atoms with E-state index in [-0.39, 0.29) is 0 Å². The highest BCUT2D eigenvalue weighted by Gasteiger charge is 1.98. The zero-order valence-electron chi connectivity index (χ0n) is 10.2. The van der Waals surface area contributed by atoms with E-state index in [1.165, 1.54) is 0 Å². The smallest absolute Gasteiger partial charge is 0.129 e. The third kappa shape index (κ3) is 3.74. The van der Waals surface area contributed by atoms with Crippen molar-refractivity contribution in [3.05, 3.63) is 52.6 Å². The van der Waals surface area contributed by atoms with Gasteiger partial charge in [-0.3, -0.25) is 0 Å². The van der Waals surface area contributed by atoms with Crippen molar-refractivity contribution in [2.75, 3.05) is 11.9 Å². The van der Waals surface area contributed by atoms with Crippen LogP contribution in [0, 0.1) is 0 Å². The molecule has 94 valence electrons. The summed E-state index contributed by atoms with van der Waals surface area (Å²) >= 11 is 3.41. The number of nitrogens with one attached hydrogen (secondary N) is 1. The summed E-state index contributed by atoms with van der Waals surface area (Å²) in [6.07, 6.45) is 1.74. The molecule has 2 aromatic rings. The van der Waals surface area contributed by atoms with E-state index in [0.29, 0.717) is 6.61 Å². The van der Waals surface area contributed by atoms with Crippen LogP contribution in [0.2, 0.25) is 0 Å². The Morgan fingerprint density at radius 1 is 1.22 bits per heavy atom. The van der Waals surface area contributed by atoms with Crippen LogP contribution in [0.15, 0.2) is 47.1 Å². The first-order valence-corrected chi connectivity index (χ1v) is 6.64. The largest absolute Gasteiger partial charge is 0.489 e. The summed E-state index contributed by atoms with van der Waals surface area (Å²) in [4.78, 5) is 4.20. The van der Waals surface area contributed by atoms with Crippen LogP contribution in [-0.2, 0) is 6.61 Å². The molecule has 1 N–H and O–H groups in total. The molecule has 2 rings (SSSR count). The van der Waals surface area contributed by atoms with E-state index < -0.39 is 0 Å². The van der Waals surface area contributed by atoms with E-state index in [9.17, 15) is 0 Å². The fourth-order valence-electron chi connectivity index (χ4n) is 1.53. The van der Waals surface area contributed by atoms with E-state index in [1.807, 2.05) is 43.3 Å². The molecule has 1 aromatic heterocycles. The number of hydrogen-bond donors (Lipinski definition) is 1. The van der Waals surface area contributed by atoms with Crippen LogP contribution in [0.1, 0.15) is 12.5 Å². The Bertz CT molecular complexity index is 499. The van der Waals surface area contributed by atoms with Crippen LogP contribution in [-0.4, -0.2) is 11.5 Å². The summed E-state index contributed by atoms with van der Waals surface area (Å²) in [5, 5.41) is 3.16. The number of pyridine rings is 1. The quantitative estimate of drug-likeness (QED) is 0.911. The van der Waals surface area contributed by atoms with Gasteiger partial charge in [0.05, 0.1) is 0 Å². The molecule has 0 aliphatic rings. The minimum absolute atomic E-state index is 0.558. The van der Waals surface area contributed by atoms with Crippen molar-refractivity contribution in [2.24, 2.45) is 0 Å². The van der Waals surface area contributed by atoms with Crippen molar-refractivity contribution in [1.29, 1.82) is 0 Å². The summed E-state index contributed by atoms with van der Waals surface area (Å²) in [5.41, 5.74) is 1.14. The second-order valence-electron chi connectivity index (χ2n) is 3.82. The molecule has 0 aliphatic carbocycles. The van der Waals surface area contributed by atoms with Gasteiger partial charge in [0.2, 0.25) is 0 Å². The Morgan fingerprint density at radius 2 is 2.00 bits per heavy atom. The lowest BCUT2D eigenvalue weighted by atomic mass is 10.2. The monoisotopic (exact) mass is 306 g/mol. The normalized spacial score (nSPS) is 10.1. The lowest BCUT2D eigenvalue weighted by Gasteiger charge is -2.08. The van der Waals surface area contributed by atoms with Crippen molar-refractivity contribution in [2.45, 2.75) is 13.5 Å². The van der Waals surface area contributed by atoms with Gasteiger partial charge in [-0.1, -0.05) is 28.1 Å². The van der Waals surface area contributed by atoms with Crippen LogP contribution >= 0.6 is 15.9 Å². The molecule has 1 aromatic carbocycles. The van der Waals surface area contributed by atoms with Gasteiger partial charge >= 0.3 is 0 Å². The summed E-state index contributed by atoms with van der Waals surface area (Å²) < 4.78 is 6.80. The highest BCUT2D eigenvalue weighted by Crippen LogP contribution is 2.17. The third-order valence-electron chi connectivity index (χ3n) is 2.41. The number of rotatable bonds is 5. The highest BCUT2D eigenvalue weighted by molar-refractivity contribution is 9.10. The molecular weight excluding hydrogens is 292 g/mol. The Hall–Kier alpha value is -1.55. The van der Waals surface area contributed by atoms with Crippen molar-refractivity contribution >= 4 is 21.7 Å². The molecule has 0 atom stereocenters. The zero-order chi connectivity index (χ0) is 12.8. The van der Waals surface area contributed by atoms with Crippen molar-refractivity contribution < 1.29 is 4.74 Å². The number of nitrogens with zero attached hydrogens (tertiary/aromatic N) is 1. The molecule has 3 nitrogen and oxygen atoms in total. The minimum atomic E-state index is 0.558. The molecule has 0 aliphatic heterocycles. The Morgan fingerprint density at radius 3 is 2.72 bits per heavy atom. The van der Waals surface area contributed by atoms with Gasteiger partial charge in [-0.15, -0.1) is 0 Å². The number of benzene rings is 1. The standard InChI is InChI=1S/C14H15BrN2O/c1-2-16-14-9-13(7-8-17-14)18-10-11-3-5-12(15)6-4-11/h3-9H,2,10H2,1H3,(H,16,17). The topological polar surface area (TPSA) is 34.1 Å². The van der Waals surface area contributed by atoms with Gasteiger partial charge in [-0.25, -0.2) is 4.98 Å².